The Bertz CT molecular complexity index is 544. The summed E-state index contributed by atoms with van der Waals surface area (Å²) >= 11 is 0. The van der Waals surface area contributed by atoms with E-state index in [1.807, 2.05) is 13.8 Å². The highest BCUT2D eigenvalue weighted by atomic mass is 15.1. The molecule has 0 aliphatic carbocycles. The SMILES string of the molecule is CCCc1ccc(-c2nnc(N)c(C)c2C)cc1. The molecule has 3 nitrogen and oxygen atoms in total. The first-order valence-electron chi connectivity index (χ1n) is 6.32. The fourth-order valence-electron chi connectivity index (χ4n) is 2.02. The summed E-state index contributed by atoms with van der Waals surface area (Å²) in [5.41, 5.74) is 11.3. The van der Waals surface area contributed by atoms with Crippen LogP contribution in [-0.4, -0.2) is 10.2 Å². The summed E-state index contributed by atoms with van der Waals surface area (Å²) < 4.78 is 0. The number of rotatable bonds is 3. The van der Waals surface area contributed by atoms with Gasteiger partial charge >= 0.3 is 0 Å². The normalized spacial score (nSPS) is 10.6. The fraction of sp³-hybridized carbons (Fsp3) is 0.333. The minimum atomic E-state index is 0.513. The third-order valence-electron chi connectivity index (χ3n) is 3.33. The van der Waals surface area contributed by atoms with E-state index >= 15 is 0 Å². The standard InChI is InChI=1S/C15H19N3/c1-4-5-12-6-8-13(9-7-12)14-10(2)11(3)15(16)18-17-14/h6-9H,4-5H2,1-3H3,(H2,16,18). The number of benzene rings is 1. The van der Waals surface area contributed by atoms with Crippen molar-refractivity contribution in [3.63, 3.8) is 0 Å². The molecule has 2 aromatic rings. The van der Waals surface area contributed by atoms with E-state index in [1.165, 1.54) is 12.0 Å². The lowest BCUT2D eigenvalue weighted by atomic mass is 10.0. The van der Waals surface area contributed by atoms with Crippen molar-refractivity contribution in [1.82, 2.24) is 10.2 Å². The van der Waals surface area contributed by atoms with Gasteiger partial charge < -0.3 is 5.73 Å². The van der Waals surface area contributed by atoms with E-state index < -0.39 is 0 Å². The quantitative estimate of drug-likeness (QED) is 0.897. The molecule has 1 aromatic heterocycles. The van der Waals surface area contributed by atoms with Crippen LogP contribution in [0.5, 0.6) is 0 Å². The largest absolute Gasteiger partial charge is 0.382 e. The maximum Gasteiger partial charge on any atom is 0.149 e. The highest BCUT2D eigenvalue weighted by Gasteiger charge is 2.09. The first-order chi connectivity index (χ1) is 8.63. The highest BCUT2D eigenvalue weighted by molar-refractivity contribution is 5.66. The van der Waals surface area contributed by atoms with Crippen LogP contribution in [0.3, 0.4) is 0 Å². The smallest absolute Gasteiger partial charge is 0.149 e. The third-order valence-corrected chi connectivity index (χ3v) is 3.33. The molecular weight excluding hydrogens is 222 g/mol. The number of hydrogen-bond acceptors (Lipinski definition) is 3. The van der Waals surface area contributed by atoms with E-state index in [2.05, 4.69) is 41.4 Å². The summed E-state index contributed by atoms with van der Waals surface area (Å²) in [7, 11) is 0. The Morgan fingerprint density at radius 2 is 1.67 bits per heavy atom. The second-order valence-corrected chi connectivity index (χ2v) is 4.63. The van der Waals surface area contributed by atoms with E-state index in [1.54, 1.807) is 0 Å². The van der Waals surface area contributed by atoms with Gasteiger partial charge in [-0.1, -0.05) is 37.6 Å². The average molecular weight is 241 g/mol. The van der Waals surface area contributed by atoms with Crippen molar-refractivity contribution in [2.24, 2.45) is 0 Å². The predicted octanol–water partition coefficient (Wildman–Crippen LogP) is 3.30. The minimum absolute atomic E-state index is 0.513. The van der Waals surface area contributed by atoms with Crippen LogP contribution >= 0.6 is 0 Å². The van der Waals surface area contributed by atoms with Gasteiger partial charge in [-0.25, -0.2) is 0 Å². The van der Waals surface area contributed by atoms with Crippen LogP contribution in [0.25, 0.3) is 11.3 Å². The molecule has 0 saturated carbocycles. The van der Waals surface area contributed by atoms with Gasteiger partial charge in [-0.05, 0) is 37.0 Å². The van der Waals surface area contributed by atoms with Crippen molar-refractivity contribution in [1.29, 1.82) is 0 Å². The van der Waals surface area contributed by atoms with Crippen molar-refractivity contribution in [2.45, 2.75) is 33.6 Å². The molecule has 3 heteroatoms. The van der Waals surface area contributed by atoms with Gasteiger partial charge in [0.2, 0.25) is 0 Å². The molecule has 2 N–H and O–H groups in total. The number of aryl methyl sites for hydroxylation is 1. The second-order valence-electron chi connectivity index (χ2n) is 4.63. The Kier molecular flexibility index (Phi) is 3.60. The zero-order chi connectivity index (χ0) is 13.1. The van der Waals surface area contributed by atoms with Gasteiger partial charge in [0.1, 0.15) is 5.82 Å². The van der Waals surface area contributed by atoms with Gasteiger partial charge in [0, 0.05) is 5.56 Å². The lowest BCUT2D eigenvalue weighted by Crippen LogP contribution is -2.02. The summed E-state index contributed by atoms with van der Waals surface area (Å²) in [6, 6.07) is 8.53. The van der Waals surface area contributed by atoms with Gasteiger partial charge in [-0.2, -0.15) is 0 Å². The molecule has 0 amide bonds. The van der Waals surface area contributed by atoms with E-state index in [-0.39, 0.29) is 0 Å². The monoisotopic (exact) mass is 241 g/mol. The summed E-state index contributed by atoms with van der Waals surface area (Å²) in [5, 5.41) is 8.21. The minimum Gasteiger partial charge on any atom is -0.382 e. The third kappa shape index (κ3) is 2.35. The molecule has 1 heterocycles. The molecule has 0 atom stereocenters. The molecule has 1 aromatic carbocycles. The van der Waals surface area contributed by atoms with Crippen molar-refractivity contribution in [3.8, 4) is 11.3 Å². The van der Waals surface area contributed by atoms with E-state index in [9.17, 15) is 0 Å². The van der Waals surface area contributed by atoms with E-state index in [0.717, 1.165) is 28.8 Å². The second kappa shape index (κ2) is 5.17. The topological polar surface area (TPSA) is 51.8 Å². The first-order valence-corrected chi connectivity index (χ1v) is 6.32. The molecule has 0 aliphatic heterocycles. The molecule has 94 valence electrons. The first kappa shape index (κ1) is 12.6. The maximum absolute atomic E-state index is 5.76. The van der Waals surface area contributed by atoms with Gasteiger partial charge in [0.15, 0.2) is 0 Å². The number of anilines is 1. The van der Waals surface area contributed by atoms with Gasteiger partial charge in [0.25, 0.3) is 0 Å². The average Bonchev–Trinajstić information content (AvgIpc) is 2.38. The molecule has 0 unspecified atom stereocenters. The lowest BCUT2D eigenvalue weighted by molar-refractivity contribution is 0.922. The summed E-state index contributed by atoms with van der Waals surface area (Å²) in [6.07, 6.45) is 2.28. The molecular formula is C15H19N3. The van der Waals surface area contributed by atoms with Crippen LogP contribution in [0.4, 0.5) is 5.82 Å². The Hall–Kier alpha value is -1.90. The van der Waals surface area contributed by atoms with E-state index in [4.69, 9.17) is 5.73 Å². The van der Waals surface area contributed by atoms with Crippen molar-refractivity contribution in [3.05, 3.63) is 41.0 Å². The van der Waals surface area contributed by atoms with Crippen LogP contribution in [-0.2, 0) is 6.42 Å². The molecule has 0 aliphatic rings. The lowest BCUT2D eigenvalue weighted by Gasteiger charge is -2.09. The van der Waals surface area contributed by atoms with Crippen molar-refractivity contribution in [2.75, 3.05) is 5.73 Å². The Morgan fingerprint density at radius 3 is 2.28 bits per heavy atom. The summed E-state index contributed by atoms with van der Waals surface area (Å²) in [4.78, 5) is 0. The molecule has 0 fully saturated rings. The van der Waals surface area contributed by atoms with Gasteiger partial charge in [-0.3, -0.25) is 0 Å². The molecule has 0 bridgehead atoms. The Labute approximate surface area is 108 Å². The Balaban J connectivity index is 2.40. The number of nitrogen functional groups attached to an aromatic ring is 1. The summed E-state index contributed by atoms with van der Waals surface area (Å²) in [6.45, 7) is 6.21. The Morgan fingerprint density at radius 1 is 1.00 bits per heavy atom. The number of aromatic nitrogens is 2. The van der Waals surface area contributed by atoms with Gasteiger partial charge in [0.05, 0.1) is 5.69 Å². The molecule has 2 rings (SSSR count). The number of hydrogen-bond donors (Lipinski definition) is 1. The molecule has 0 saturated heterocycles. The van der Waals surface area contributed by atoms with Crippen LogP contribution in [0.15, 0.2) is 24.3 Å². The van der Waals surface area contributed by atoms with Gasteiger partial charge in [-0.15, -0.1) is 10.2 Å². The van der Waals surface area contributed by atoms with Crippen LogP contribution < -0.4 is 5.73 Å². The van der Waals surface area contributed by atoms with Crippen LogP contribution in [0.1, 0.15) is 30.0 Å². The molecule has 18 heavy (non-hydrogen) atoms. The van der Waals surface area contributed by atoms with Crippen molar-refractivity contribution < 1.29 is 0 Å². The number of nitrogens with two attached hydrogens (primary N) is 1. The van der Waals surface area contributed by atoms with Crippen LogP contribution in [0.2, 0.25) is 0 Å². The molecule has 0 radical (unpaired) electrons. The molecule has 0 spiro atoms. The van der Waals surface area contributed by atoms with E-state index in [0.29, 0.717) is 5.82 Å². The van der Waals surface area contributed by atoms with Crippen molar-refractivity contribution >= 4 is 5.82 Å². The van der Waals surface area contributed by atoms with Crippen LogP contribution in [0, 0.1) is 13.8 Å². The predicted molar refractivity (Wildman–Crippen MR) is 75.3 cm³/mol. The highest BCUT2D eigenvalue weighted by Crippen LogP contribution is 2.25. The zero-order valence-corrected chi connectivity index (χ0v) is 11.2. The number of nitrogens with zero attached hydrogens (tertiary/aromatic N) is 2. The fourth-order valence-corrected chi connectivity index (χ4v) is 2.02. The summed E-state index contributed by atoms with van der Waals surface area (Å²) in [5.74, 6) is 0.513. The zero-order valence-electron chi connectivity index (χ0n) is 11.2. The maximum atomic E-state index is 5.76.